The fraction of sp³-hybridized carbons (Fsp3) is 0.714. The van der Waals surface area contributed by atoms with Gasteiger partial charge >= 0.3 is 0 Å². The van der Waals surface area contributed by atoms with Gasteiger partial charge in [-0.2, -0.15) is 0 Å². The van der Waals surface area contributed by atoms with Crippen molar-refractivity contribution in [2.75, 3.05) is 6.54 Å². The first kappa shape index (κ1) is 14.4. The minimum Gasteiger partial charge on any atom is -0.314 e. The highest BCUT2D eigenvalue weighted by atomic mass is 14.9. The molecular formula is C14H27N. The molecule has 0 unspecified atom stereocenters. The number of unbranched alkanes of at least 4 members (excludes halogenated alkanes) is 4. The van der Waals surface area contributed by atoms with Crippen molar-refractivity contribution in [3.8, 4) is 0 Å². The van der Waals surface area contributed by atoms with Gasteiger partial charge in [-0.1, -0.05) is 38.5 Å². The Morgan fingerprint density at radius 1 is 1.00 bits per heavy atom. The third-order valence-electron chi connectivity index (χ3n) is 2.31. The maximum absolute atomic E-state index is 3.72. The van der Waals surface area contributed by atoms with Gasteiger partial charge in [0, 0.05) is 6.04 Å². The predicted molar refractivity (Wildman–Crippen MR) is 70.2 cm³/mol. The lowest BCUT2D eigenvalue weighted by molar-refractivity contribution is 0.594. The molecule has 0 aromatic heterocycles. The molecule has 0 fully saturated rings. The van der Waals surface area contributed by atoms with Gasteiger partial charge in [0.1, 0.15) is 0 Å². The van der Waals surface area contributed by atoms with Gasteiger partial charge in [-0.3, -0.25) is 0 Å². The van der Waals surface area contributed by atoms with E-state index in [9.17, 15) is 0 Å². The van der Waals surface area contributed by atoms with Gasteiger partial charge in [-0.25, -0.2) is 0 Å². The Bertz CT molecular complexity index is 159. The van der Waals surface area contributed by atoms with Crippen LogP contribution in [0.1, 0.15) is 52.4 Å². The molecule has 0 radical (unpaired) electrons. The summed E-state index contributed by atoms with van der Waals surface area (Å²) in [6.45, 7) is 9.19. The van der Waals surface area contributed by atoms with Gasteiger partial charge in [-0.15, -0.1) is 6.58 Å². The van der Waals surface area contributed by atoms with E-state index in [0.717, 1.165) is 13.0 Å². The molecule has 0 atom stereocenters. The van der Waals surface area contributed by atoms with E-state index in [2.05, 4.69) is 37.9 Å². The molecule has 0 spiro atoms. The summed E-state index contributed by atoms with van der Waals surface area (Å²) in [7, 11) is 0. The van der Waals surface area contributed by atoms with Crippen molar-refractivity contribution in [2.24, 2.45) is 0 Å². The van der Waals surface area contributed by atoms with Crippen molar-refractivity contribution >= 4 is 0 Å². The number of hydrogen-bond acceptors (Lipinski definition) is 1. The SMILES string of the molecule is C=CCCCCC/C=C/CCNC(C)C. The molecular weight excluding hydrogens is 182 g/mol. The Balaban J connectivity index is 3.07. The Kier molecular flexibility index (Phi) is 11.1. The van der Waals surface area contributed by atoms with E-state index in [1.54, 1.807) is 0 Å². The molecule has 0 aliphatic carbocycles. The lowest BCUT2D eigenvalue weighted by atomic mass is 10.1. The predicted octanol–water partition coefficient (Wildman–Crippen LogP) is 4.07. The van der Waals surface area contributed by atoms with E-state index in [4.69, 9.17) is 0 Å². The monoisotopic (exact) mass is 209 g/mol. The zero-order chi connectivity index (χ0) is 11.4. The average molecular weight is 209 g/mol. The summed E-state index contributed by atoms with van der Waals surface area (Å²) in [5.74, 6) is 0. The summed E-state index contributed by atoms with van der Waals surface area (Å²) in [5.41, 5.74) is 0. The standard InChI is InChI=1S/C14H27N/c1-4-5-6-7-8-9-10-11-12-13-15-14(2)3/h4,10-11,14-15H,1,5-9,12-13H2,2-3H3/b11-10+. The highest BCUT2D eigenvalue weighted by Crippen LogP contribution is 2.03. The van der Waals surface area contributed by atoms with Crippen molar-refractivity contribution in [3.05, 3.63) is 24.8 Å². The van der Waals surface area contributed by atoms with Crippen LogP contribution in [0.2, 0.25) is 0 Å². The normalized spacial score (nSPS) is 11.4. The molecule has 0 aromatic carbocycles. The van der Waals surface area contributed by atoms with Crippen molar-refractivity contribution in [1.82, 2.24) is 5.32 Å². The maximum Gasteiger partial charge on any atom is 0.00105 e. The van der Waals surface area contributed by atoms with Crippen LogP contribution in [0.15, 0.2) is 24.8 Å². The van der Waals surface area contributed by atoms with E-state index in [1.165, 1.54) is 32.1 Å². The number of rotatable bonds is 10. The Morgan fingerprint density at radius 2 is 1.67 bits per heavy atom. The quantitative estimate of drug-likeness (QED) is 0.422. The van der Waals surface area contributed by atoms with Crippen molar-refractivity contribution in [3.63, 3.8) is 0 Å². The minimum absolute atomic E-state index is 0.609. The summed E-state index contributed by atoms with van der Waals surface area (Å²) in [5, 5.41) is 3.40. The van der Waals surface area contributed by atoms with Crippen LogP contribution in [0.3, 0.4) is 0 Å². The third-order valence-corrected chi connectivity index (χ3v) is 2.31. The maximum atomic E-state index is 3.72. The lowest BCUT2D eigenvalue weighted by Gasteiger charge is -2.04. The highest BCUT2D eigenvalue weighted by molar-refractivity contribution is 4.82. The zero-order valence-electron chi connectivity index (χ0n) is 10.5. The molecule has 0 amide bonds. The van der Waals surface area contributed by atoms with E-state index >= 15 is 0 Å². The van der Waals surface area contributed by atoms with E-state index in [1.807, 2.05) is 6.08 Å². The second-order valence-corrected chi connectivity index (χ2v) is 4.30. The summed E-state index contributed by atoms with van der Waals surface area (Å²) in [6.07, 6.45) is 14.1. The van der Waals surface area contributed by atoms with Crippen LogP contribution in [0, 0.1) is 0 Å². The summed E-state index contributed by atoms with van der Waals surface area (Å²) in [6, 6.07) is 0.609. The summed E-state index contributed by atoms with van der Waals surface area (Å²) in [4.78, 5) is 0. The summed E-state index contributed by atoms with van der Waals surface area (Å²) < 4.78 is 0. The molecule has 0 bridgehead atoms. The molecule has 88 valence electrons. The van der Waals surface area contributed by atoms with E-state index in [0.29, 0.717) is 6.04 Å². The smallest absolute Gasteiger partial charge is 0.00105 e. The first-order valence-corrected chi connectivity index (χ1v) is 6.26. The Hall–Kier alpha value is -0.560. The van der Waals surface area contributed by atoms with Gasteiger partial charge < -0.3 is 5.32 Å². The van der Waals surface area contributed by atoms with Gasteiger partial charge in [0.15, 0.2) is 0 Å². The number of hydrogen-bond donors (Lipinski definition) is 1. The average Bonchev–Trinajstić information content (AvgIpc) is 2.20. The molecule has 0 saturated carbocycles. The number of nitrogens with one attached hydrogen (secondary N) is 1. The fourth-order valence-electron chi connectivity index (χ4n) is 1.42. The molecule has 1 N–H and O–H groups in total. The van der Waals surface area contributed by atoms with Crippen LogP contribution >= 0.6 is 0 Å². The van der Waals surface area contributed by atoms with Crippen LogP contribution in [0.5, 0.6) is 0 Å². The second kappa shape index (κ2) is 11.5. The number of allylic oxidation sites excluding steroid dienone is 2. The molecule has 0 aliphatic heterocycles. The molecule has 0 aliphatic rings. The van der Waals surface area contributed by atoms with E-state index < -0.39 is 0 Å². The Morgan fingerprint density at radius 3 is 2.33 bits per heavy atom. The molecule has 0 heterocycles. The largest absolute Gasteiger partial charge is 0.314 e. The molecule has 0 saturated heterocycles. The third kappa shape index (κ3) is 13.4. The Labute approximate surface area is 95.7 Å². The minimum atomic E-state index is 0.609. The second-order valence-electron chi connectivity index (χ2n) is 4.30. The lowest BCUT2D eigenvalue weighted by Crippen LogP contribution is -2.23. The molecule has 1 heteroatoms. The van der Waals surface area contributed by atoms with Gasteiger partial charge in [0.2, 0.25) is 0 Å². The van der Waals surface area contributed by atoms with Crippen molar-refractivity contribution < 1.29 is 0 Å². The van der Waals surface area contributed by atoms with Gasteiger partial charge in [-0.05, 0) is 38.6 Å². The molecule has 1 nitrogen and oxygen atoms in total. The van der Waals surface area contributed by atoms with Crippen LogP contribution in [-0.4, -0.2) is 12.6 Å². The van der Waals surface area contributed by atoms with Crippen LogP contribution in [0.4, 0.5) is 0 Å². The first-order chi connectivity index (χ1) is 7.27. The topological polar surface area (TPSA) is 12.0 Å². The fourth-order valence-corrected chi connectivity index (χ4v) is 1.42. The molecule has 0 aromatic rings. The molecule has 0 rings (SSSR count). The van der Waals surface area contributed by atoms with Crippen molar-refractivity contribution in [2.45, 2.75) is 58.4 Å². The highest BCUT2D eigenvalue weighted by Gasteiger charge is 1.88. The van der Waals surface area contributed by atoms with Crippen LogP contribution in [-0.2, 0) is 0 Å². The van der Waals surface area contributed by atoms with Crippen LogP contribution in [0.25, 0.3) is 0 Å². The summed E-state index contributed by atoms with van der Waals surface area (Å²) >= 11 is 0. The van der Waals surface area contributed by atoms with Crippen LogP contribution < -0.4 is 5.32 Å². The van der Waals surface area contributed by atoms with E-state index in [-0.39, 0.29) is 0 Å². The zero-order valence-corrected chi connectivity index (χ0v) is 10.5. The first-order valence-electron chi connectivity index (χ1n) is 6.26. The van der Waals surface area contributed by atoms with Gasteiger partial charge in [0.05, 0.1) is 0 Å². The van der Waals surface area contributed by atoms with Crippen molar-refractivity contribution in [1.29, 1.82) is 0 Å². The molecule has 15 heavy (non-hydrogen) atoms. The van der Waals surface area contributed by atoms with Gasteiger partial charge in [0.25, 0.3) is 0 Å².